The molecule has 0 amide bonds. The van der Waals surface area contributed by atoms with Crippen molar-refractivity contribution in [1.82, 2.24) is 9.80 Å². The van der Waals surface area contributed by atoms with Gasteiger partial charge in [-0.15, -0.1) is 0 Å². The summed E-state index contributed by atoms with van der Waals surface area (Å²) in [6, 6.07) is 9.22. The molecule has 0 saturated carbocycles. The Kier molecular flexibility index (Phi) is 5.98. The van der Waals surface area contributed by atoms with Crippen LogP contribution >= 0.6 is 0 Å². The molecule has 1 aromatic carbocycles. The van der Waals surface area contributed by atoms with Crippen molar-refractivity contribution in [3.8, 4) is 5.75 Å². The van der Waals surface area contributed by atoms with E-state index >= 15 is 0 Å². The van der Waals surface area contributed by atoms with Crippen LogP contribution in [-0.2, 0) is 4.74 Å². The highest BCUT2D eigenvalue weighted by molar-refractivity contribution is 5.51. The topological polar surface area (TPSA) is 28.2 Å². The van der Waals surface area contributed by atoms with E-state index in [9.17, 15) is 0 Å². The van der Waals surface area contributed by atoms with Crippen molar-refractivity contribution in [2.24, 2.45) is 0 Å². The summed E-state index contributed by atoms with van der Waals surface area (Å²) in [7, 11) is 1.74. The van der Waals surface area contributed by atoms with Crippen LogP contribution in [0.2, 0.25) is 0 Å². The largest absolute Gasteiger partial charge is 0.497 e. The van der Waals surface area contributed by atoms with E-state index in [-0.39, 0.29) is 0 Å². The van der Waals surface area contributed by atoms with Gasteiger partial charge >= 0.3 is 0 Å². The lowest BCUT2D eigenvalue weighted by Crippen LogP contribution is -2.53. The molecule has 0 bridgehead atoms. The molecule has 5 nitrogen and oxygen atoms in total. The van der Waals surface area contributed by atoms with Crippen molar-refractivity contribution in [3.05, 3.63) is 24.3 Å². The number of likely N-dealkylation sites (tertiary alicyclic amines) is 1. The maximum Gasteiger partial charge on any atom is 0.120 e. The molecule has 0 radical (unpaired) electrons. The summed E-state index contributed by atoms with van der Waals surface area (Å²) in [4.78, 5) is 7.84. The van der Waals surface area contributed by atoms with Gasteiger partial charge in [-0.25, -0.2) is 0 Å². The quantitative estimate of drug-likeness (QED) is 0.805. The number of benzene rings is 1. The fraction of sp³-hybridized carbons (Fsp3) is 0.714. The Morgan fingerprint density at radius 1 is 1.04 bits per heavy atom. The highest BCUT2D eigenvalue weighted by Gasteiger charge is 2.29. The third-order valence-corrected chi connectivity index (χ3v) is 6.29. The Hall–Kier alpha value is -1.30. The van der Waals surface area contributed by atoms with Crippen molar-refractivity contribution < 1.29 is 9.47 Å². The van der Waals surface area contributed by atoms with Gasteiger partial charge in [-0.3, -0.25) is 4.90 Å². The highest BCUT2D eigenvalue weighted by Crippen LogP contribution is 2.25. The molecule has 0 spiro atoms. The van der Waals surface area contributed by atoms with Gasteiger partial charge in [0.1, 0.15) is 5.75 Å². The van der Waals surface area contributed by atoms with Crippen molar-refractivity contribution >= 4 is 5.69 Å². The lowest BCUT2D eigenvalue weighted by molar-refractivity contribution is 0.0470. The standard InChI is InChI=1S/C21H33N3O2/c1-25-20-5-2-4-19(16-20)24-13-11-23(12-14-24)18-7-9-22(10-8-18)17-21-6-3-15-26-21/h2,4-5,16,18,21H,3,6-15,17H2,1H3/t21-/m1/s1. The monoisotopic (exact) mass is 359 g/mol. The van der Waals surface area contributed by atoms with Gasteiger partial charge in [0.25, 0.3) is 0 Å². The molecule has 3 saturated heterocycles. The van der Waals surface area contributed by atoms with E-state index in [4.69, 9.17) is 9.47 Å². The molecular weight excluding hydrogens is 326 g/mol. The van der Waals surface area contributed by atoms with Gasteiger partial charge in [0.05, 0.1) is 13.2 Å². The molecule has 3 aliphatic heterocycles. The minimum absolute atomic E-state index is 0.498. The Balaban J connectivity index is 1.22. The zero-order chi connectivity index (χ0) is 17.8. The zero-order valence-electron chi connectivity index (χ0n) is 16.1. The van der Waals surface area contributed by atoms with Crippen LogP contribution in [0.3, 0.4) is 0 Å². The van der Waals surface area contributed by atoms with Crippen LogP contribution in [0.15, 0.2) is 24.3 Å². The van der Waals surface area contributed by atoms with Crippen LogP contribution in [0.4, 0.5) is 5.69 Å². The third-order valence-electron chi connectivity index (χ3n) is 6.29. The number of nitrogens with zero attached hydrogens (tertiary/aromatic N) is 3. The van der Waals surface area contributed by atoms with Crippen molar-refractivity contribution in [2.45, 2.75) is 37.8 Å². The van der Waals surface area contributed by atoms with Gasteiger partial charge in [-0.1, -0.05) is 6.07 Å². The first-order valence-corrected chi connectivity index (χ1v) is 10.3. The summed E-state index contributed by atoms with van der Waals surface area (Å²) in [5, 5.41) is 0. The van der Waals surface area contributed by atoms with Crippen molar-refractivity contribution in [2.75, 3.05) is 64.4 Å². The molecule has 3 fully saturated rings. The molecule has 0 aromatic heterocycles. The van der Waals surface area contributed by atoms with Crippen LogP contribution in [0.25, 0.3) is 0 Å². The smallest absolute Gasteiger partial charge is 0.120 e. The first-order valence-electron chi connectivity index (χ1n) is 10.3. The van der Waals surface area contributed by atoms with Gasteiger partial charge < -0.3 is 19.3 Å². The maximum atomic E-state index is 5.80. The highest BCUT2D eigenvalue weighted by atomic mass is 16.5. The molecule has 26 heavy (non-hydrogen) atoms. The van der Waals surface area contributed by atoms with E-state index in [1.165, 1.54) is 57.5 Å². The van der Waals surface area contributed by atoms with Crippen LogP contribution < -0.4 is 9.64 Å². The molecule has 4 rings (SSSR count). The second kappa shape index (κ2) is 8.59. The number of hydrogen-bond acceptors (Lipinski definition) is 5. The predicted molar refractivity (Wildman–Crippen MR) is 105 cm³/mol. The lowest BCUT2D eigenvalue weighted by Gasteiger charge is -2.43. The Morgan fingerprint density at radius 2 is 1.85 bits per heavy atom. The molecule has 1 atom stereocenters. The first-order chi connectivity index (χ1) is 12.8. The fourth-order valence-corrected chi connectivity index (χ4v) is 4.70. The molecule has 0 unspecified atom stereocenters. The number of hydrogen-bond donors (Lipinski definition) is 0. The summed E-state index contributed by atoms with van der Waals surface area (Å²) >= 11 is 0. The number of piperazine rings is 1. The minimum Gasteiger partial charge on any atom is -0.497 e. The van der Waals surface area contributed by atoms with Crippen LogP contribution in [0, 0.1) is 0 Å². The van der Waals surface area contributed by atoms with Gasteiger partial charge in [0, 0.05) is 57.1 Å². The molecule has 144 valence electrons. The van der Waals surface area contributed by atoms with E-state index in [0.717, 1.165) is 38.0 Å². The van der Waals surface area contributed by atoms with Crippen molar-refractivity contribution in [3.63, 3.8) is 0 Å². The average molecular weight is 360 g/mol. The van der Waals surface area contributed by atoms with E-state index in [1.54, 1.807) is 7.11 Å². The molecule has 3 heterocycles. The summed E-state index contributed by atoms with van der Waals surface area (Å²) < 4.78 is 11.2. The SMILES string of the molecule is COc1cccc(N2CCN(C3CCN(C[C@H]4CCCO4)CC3)CC2)c1. The summed E-state index contributed by atoms with van der Waals surface area (Å²) in [5.74, 6) is 0.948. The van der Waals surface area contributed by atoms with Gasteiger partial charge in [0.15, 0.2) is 0 Å². The van der Waals surface area contributed by atoms with Crippen molar-refractivity contribution in [1.29, 1.82) is 0 Å². The average Bonchev–Trinajstić information content (AvgIpc) is 3.22. The van der Waals surface area contributed by atoms with Gasteiger partial charge in [-0.2, -0.15) is 0 Å². The number of piperidine rings is 1. The first kappa shape index (κ1) is 18.1. The Morgan fingerprint density at radius 3 is 2.54 bits per heavy atom. The Bertz CT molecular complexity index is 560. The van der Waals surface area contributed by atoms with E-state index < -0.39 is 0 Å². The number of ether oxygens (including phenoxy) is 2. The summed E-state index contributed by atoms with van der Waals surface area (Å²) in [5.41, 5.74) is 1.29. The maximum absolute atomic E-state index is 5.80. The van der Waals surface area contributed by atoms with Crippen LogP contribution in [0.5, 0.6) is 5.75 Å². The number of methoxy groups -OCH3 is 1. The van der Waals surface area contributed by atoms with E-state index in [1.807, 2.05) is 6.07 Å². The van der Waals surface area contributed by atoms with Crippen LogP contribution in [-0.4, -0.2) is 81.5 Å². The fourth-order valence-electron chi connectivity index (χ4n) is 4.70. The predicted octanol–water partition coefficient (Wildman–Crippen LogP) is 2.46. The minimum atomic E-state index is 0.498. The molecule has 1 aromatic rings. The molecule has 5 heteroatoms. The molecular formula is C21H33N3O2. The van der Waals surface area contributed by atoms with E-state index in [2.05, 4.69) is 32.9 Å². The van der Waals surface area contributed by atoms with Crippen LogP contribution in [0.1, 0.15) is 25.7 Å². The number of rotatable bonds is 5. The lowest BCUT2D eigenvalue weighted by atomic mass is 10.0. The second-order valence-corrected chi connectivity index (χ2v) is 7.89. The molecule has 3 aliphatic rings. The van der Waals surface area contributed by atoms with Gasteiger partial charge in [-0.05, 0) is 50.9 Å². The van der Waals surface area contributed by atoms with E-state index in [0.29, 0.717) is 6.10 Å². The van der Waals surface area contributed by atoms with Gasteiger partial charge in [0.2, 0.25) is 0 Å². The third kappa shape index (κ3) is 4.33. The normalized spacial score (nSPS) is 26.3. The Labute approximate surface area is 157 Å². The number of anilines is 1. The summed E-state index contributed by atoms with van der Waals surface area (Å²) in [6.45, 7) is 9.17. The molecule has 0 aliphatic carbocycles. The summed E-state index contributed by atoms with van der Waals surface area (Å²) in [6.07, 6.45) is 5.63. The zero-order valence-corrected chi connectivity index (χ0v) is 16.1. The second-order valence-electron chi connectivity index (χ2n) is 7.89. The molecule has 0 N–H and O–H groups in total.